The molecule has 8 atom stereocenters. The van der Waals surface area contributed by atoms with E-state index in [9.17, 15) is 0 Å². The highest BCUT2D eigenvalue weighted by atomic mass is 16.7. The first-order chi connectivity index (χ1) is 9.99. The molecular formula is C18H32O3. The Morgan fingerprint density at radius 3 is 2.19 bits per heavy atom. The Morgan fingerprint density at radius 1 is 0.905 bits per heavy atom. The van der Waals surface area contributed by atoms with Crippen molar-refractivity contribution in [2.24, 2.45) is 23.7 Å². The fourth-order valence-corrected chi connectivity index (χ4v) is 3.60. The van der Waals surface area contributed by atoms with Gasteiger partial charge in [-0.2, -0.15) is 0 Å². The molecule has 122 valence electrons. The molecule has 1 saturated heterocycles. The van der Waals surface area contributed by atoms with E-state index in [2.05, 4.69) is 47.6 Å². The third kappa shape index (κ3) is 3.45. The van der Waals surface area contributed by atoms with Crippen molar-refractivity contribution in [2.45, 2.75) is 79.0 Å². The molecule has 0 radical (unpaired) electrons. The van der Waals surface area contributed by atoms with Crippen molar-refractivity contribution < 1.29 is 14.2 Å². The third-order valence-electron chi connectivity index (χ3n) is 5.60. The van der Waals surface area contributed by atoms with Crippen molar-refractivity contribution in [1.82, 2.24) is 0 Å². The predicted molar refractivity (Wildman–Crippen MR) is 84.8 cm³/mol. The van der Waals surface area contributed by atoms with Crippen LogP contribution < -0.4 is 0 Å². The summed E-state index contributed by atoms with van der Waals surface area (Å²) in [7, 11) is 0. The maximum Gasteiger partial charge on any atom is 0.161 e. The number of rotatable bonds is 4. The van der Waals surface area contributed by atoms with Gasteiger partial charge in [-0.05, 0) is 30.8 Å². The lowest BCUT2D eigenvalue weighted by Crippen LogP contribution is -2.49. The lowest BCUT2D eigenvalue weighted by molar-refractivity contribution is -0.280. The lowest BCUT2D eigenvalue weighted by atomic mass is 9.78. The molecule has 2 aliphatic rings. The van der Waals surface area contributed by atoms with Crippen molar-refractivity contribution in [2.75, 3.05) is 0 Å². The van der Waals surface area contributed by atoms with Crippen LogP contribution in [-0.2, 0) is 14.2 Å². The van der Waals surface area contributed by atoms with Gasteiger partial charge in [0.2, 0.25) is 0 Å². The van der Waals surface area contributed by atoms with Crippen LogP contribution in [0.4, 0.5) is 0 Å². The van der Waals surface area contributed by atoms with Gasteiger partial charge in [0.15, 0.2) is 6.29 Å². The van der Waals surface area contributed by atoms with Gasteiger partial charge in [-0.3, -0.25) is 0 Å². The van der Waals surface area contributed by atoms with Crippen LogP contribution in [0.3, 0.4) is 0 Å². The molecule has 0 aromatic heterocycles. The van der Waals surface area contributed by atoms with E-state index >= 15 is 0 Å². The Balaban J connectivity index is 2.08. The first-order valence-corrected chi connectivity index (χ1v) is 8.62. The molecule has 0 spiro atoms. The molecule has 1 fully saturated rings. The second-order valence-corrected chi connectivity index (χ2v) is 6.90. The SMILES string of the molecule is CCC1OC(OC2C(CC)OC=C[C@@H]2C)C(C)C(C)C1C. The average Bonchev–Trinajstić information content (AvgIpc) is 2.49. The van der Waals surface area contributed by atoms with E-state index in [4.69, 9.17) is 14.2 Å². The van der Waals surface area contributed by atoms with Gasteiger partial charge >= 0.3 is 0 Å². The molecule has 2 heterocycles. The van der Waals surface area contributed by atoms with E-state index in [1.807, 2.05) is 6.26 Å². The molecular weight excluding hydrogens is 264 g/mol. The van der Waals surface area contributed by atoms with Crippen LogP contribution in [0.15, 0.2) is 12.3 Å². The number of hydrogen-bond acceptors (Lipinski definition) is 3. The largest absolute Gasteiger partial charge is 0.496 e. The van der Waals surface area contributed by atoms with Crippen molar-refractivity contribution in [3.05, 3.63) is 12.3 Å². The van der Waals surface area contributed by atoms with Crippen molar-refractivity contribution in [3.8, 4) is 0 Å². The van der Waals surface area contributed by atoms with Crippen LogP contribution in [0.5, 0.6) is 0 Å². The maximum absolute atomic E-state index is 6.41. The fourth-order valence-electron chi connectivity index (χ4n) is 3.60. The summed E-state index contributed by atoms with van der Waals surface area (Å²) in [5, 5.41) is 0. The summed E-state index contributed by atoms with van der Waals surface area (Å²) in [4.78, 5) is 0. The molecule has 2 rings (SSSR count). The summed E-state index contributed by atoms with van der Waals surface area (Å²) >= 11 is 0. The highest BCUT2D eigenvalue weighted by molar-refractivity contribution is 4.95. The lowest BCUT2D eigenvalue weighted by Gasteiger charge is -2.45. The molecule has 0 aromatic rings. The molecule has 3 nitrogen and oxygen atoms in total. The molecule has 21 heavy (non-hydrogen) atoms. The Kier molecular flexibility index (Phi) is 5.73. The van der Waals surface area contributed by atoms with Crippen LogP contribution >= 0.6 is 0 Å². The molecule has 3 heteroatoms. The minimum absolute atomic E-state index is 0.0885. The second kappa shape index (κ2) is 7.15. The standard InChI is InChI=1S/C18H32O3/c1-7-15-13(5)12(4)14(6)18(20-15)21-17-11(3)9-10-19-16(17)8-2/h9-18H,7-8H2,1-6H3/t11-,12?,13?,14?,15?,16?,17?,18?/m0/s1. The van der Waals surface area contributed by atoms with Gasteiger partial charge < -0.3 is 14.2 Å². The predicted octanol–water partition coefficient (Wildman–Crippen LogP) is 4.37. The van der Waals surface area contributed by atoms with Crippen LogP contribution in [0.1, 0.15) is 54.4 Å². The summed E-state index contributed by atoms with van der Waals surface area (Å²) in [6.45, 7) is 13.4. The molecule has 7 unspecified atom stereocenters. The van der Waals surface area contributed by atoms with Crippen LogP contribution in [0.25, 0.3) is 0 Å². The molecule has 0 bridgehead atoms. The van der Waals surface area contributed by atoms with Crippen LogP contribution in [-0.4, -0.2) is 24.6 Å². The zero-order valence-corrected chi connectivity index (χ0v) is 14.4. The third-order valence-corrected chi connectivity index (χ3v) is 5.60. The fraction of sp³-hybridized carbons (Fsp3) is 0.889. The molecule has 2 aliphatic heterocycles. The molecule has 0 aliphatic carbocycles. The summed E-state index contributed by atoms with van der Waals surface area (Å²) in [6, 6.07) is 0. The van der Waals surface area contributed by atoms with E-state index in [-0.39, 0.29) is 18.5 Å². The molecule has 0 amide bonds. The zero-order valence-electron chi connectivity index (χ0n) is 14.4. The minimum Gasteiger partial charge on any atom is -0.496 e. The van der Waals surface area contributed by atoms with E-state index < -0.39 is 0 Å². The van der Waals surface area contributed by atoms with Gasteiger partial charge in [-0.1, -0.05) is 41.5 Å². The highest BCUT2D eigenvalue weighted by Crippen LogP contribution is 2.38. The smallest absolute Gasteiger partial charge is 0.161 e. The average molecular weight is 296 g/mol. The van der Waals surface area contributed by atoms with E-state index in [1.165, 1.54) is 0 Å². The summed E-state index contributed by atoms with van der Waals surface area (Å²) in [6.07, 6.45) is 6.34. The number of ether oxygens (including phenoxy) is 3. The topological polar surface area (TPSA) is 27.7 Å². The van der Waals surface area contributed by atoms with E-state index in [1.54, 1.807) is 0 Å². The molecule has 0 saturated carbocycles. The quantitative estimate of drug-likeness (QED) is 0.771. The van der Waals surface area contributed by atoms with Gasteiger partial charge in [-0.25, -0.2) is 0 Å². The van der Waals surface area contributed by atoms with E-state index in [0.717, 1.165) is 12.8 Å². The van der Waals surface area contributed by atoms with Crippen molar-refractivity contribution in [1.29, 1.82) is 0 Å². The van der Waals surface area contributed by atoms with Gasteiger partial charge in [-0.15, -0.1) is 0 Å². The van der Waals surface area contributed by atoms with Gasteiger partial charge in [0, 0.05) is 11.8 Å². The van der Waals surface area contributed by atoms with Gasteiger partial charge in [0.05, 0.1) is 12.4 Å². The Bertz CT molecular complexity index is 352. The van der Waals surface area contributed by atoms with Gasteiger partial charge in [0.1, 0.15) is 12.2 Å². The van der Waals surface area contributed by atoms with Crippen molar-refractivity contribution >= 4 is 0 Å². The van der Waals surface area contributed by atoms with Crippen molar-refractivity contribution in [3.63, 3.8) is 0 Å². The zero-order chi connectivity index (χ0) is 15.6. The van der Waals surface area contributed by atoms with E-state index in [0.29, 0.717) is 29.8 Å². The van der Waals surface area contributed by atoms with Gasteiger partial charge in [0.25, 0.3) is 0 Å². The maximum atomic E-state index is 6.41. The molecule has 0 N–H and O–H groups in total. The highest BCUT2D eigenvalue weighted by Gasteiger charge is 2.42. The minimum atomic E-state index is -0.113. The Labute approximate surface area is 130 Å². The van der Waals surface area contributed by atoms with Crippen LogP contribution in [0, 0.1) is 23.7 Å². The number of hydrogen-bond donors (Lipinski definition) is 0. The summed E-state index contributed by atoms with van der Waals surface area (Å²) in [5.74, 6) is 1.99. The Hall–Kier alpha value is -0.540. The molecule has 0 aromatic carbocycles. The second-order valence-electron chi connectivity index (χ2n) is 6.90. The first-order valence-electron chi connectivity index (χ1n) is 8.62. The first kappa shape index (κ1) is 16.8. The monoisotopic (exact) mass is 296 g/mol. The normalized spacial score (nSPS) is 47.1. The Morgan fingerprint density at radius 2 is 1.57 bits per heavy atom. The summed E-state index contributed by atoms with van der Waals surface area (Å²) in [5.41, 5.74) is 0. The summed E-state index contributed by atoms with van der Waals surface area (Å²) < 4.78 is 18.4. The van der Waals surface area contributed by atoms with Crippen LogP contribution in [0.2, 0.25) is 0 Å².